The molecule has 0 aliphatic heterocycles. The lowest BCUT2D eigenvalue weighted by atomic mass is 10.1. The number of aromatic nitrogens is 3. The molecule has 0 bridgehead atoms. The van der Waals surface area contributed by atoms with Crippen molar-refractivity contribution in [1.82, 2.24) is 14.8 Å². The van der Waals surface area contributed by atoms with Gasteiger partial charge < -0.3 is 5.32 Å². The minimum absolute atomic E-state index is 0.429. The third-order valence-electron chi connectivity index (χ3n) is 2.84. The molecular formula is C13H20N4S. The maximum absolute atomic E-state index is 4.49. The summed E-state index contributed by atoms with van der Waals surface area (Å²) in [5.41, 5.74) is 3.37. The number of nitrogens with zero attached hydrogens (tertiary/aromatic N) is 3. The minimum Gasteiger partial charge on any atom is -0.377 e. The molecule has 0 saturated heterocycles. The monoisotopic (exact) mass is 264 g/mol. The van der Waals surface area contributed by atoms with Crippen molar-refractivity contribution in [2.24, 2.45) is 7.05 Å². The predicted molar refractivity (Wildman–Crippen MR) is 76.2 cm³/mol. The number of thiazole rings is 1. The Hall–Kier alpha value is -1.36. The average molecular weight is 264 g/mol. The van der Waals surface area contributed by atoms with Gasteiger partial charge >= 0.3 is 0 Å². The van der Waals surface area contributed by atoms with Gasteiger partial charge in [-0.2, -0.15) is 5.10 Å². The van der Waals surface area contributed by atoms with Gasteiger partial charge in [-0.15, -0.1) is 11.3 Å². The van der Waals surface area contributed by atoms with E-state index in [0.29, 0.717) is 5.92 Å². The predicted octanol–water partition coefficient (Wildman–Crippen LogP) is 3.23. The summed E-state index contributed by atoms with van der Waals surface area (Å²) in [6, 6.07) is 0. The van der Waals surface area contributed by atoms with Crippen LogP contribution in [-0.2, 0) is 13.6 Å². The summed E-state index contributed by atoms with van der Waals surface area (Å²) in [6.07, 6.45) is 2.04. The highest BCUT2D eigenvalue weighted by molar-refractivity contribution is 7.11. The third-order valence-corrected chi connectivity index (χ3v) is 3.92. The molecular weight excluding hydrogens is 244 g/mol. The van der Waals surface area contributed by atoms with Crippen LogP contribution in [0.5, 0.6) is 0 Å². The maximum atomic E-state index is 4.49. The standard InChI is InChI=1S/C13H20N4S/c1-8(2)13-11(7-17(5)16-13)14-6-12-9(3)15-10(4)18-12/h7-8,14H,6H2,1-5H3. The summed E-state index contributed by atoms with van der Waals surface area (Å²) < 4.78 is 1.86. The Kier molecular flexibility index (Phi) is 3.71. The summed E-state index contributed by atoms with van der Waals surface area (Å²) in [6.45, 7) is 9.26. The Morgan fingerprint density at radius 2 is 2.11 bits per heavy atom. The quantitative estimate of drug-likeness (QED) is 0.922. The van der Waals surface area contributed by atoms with Crippen LogP contribution >= 0.6 is 11.3 Å². The lowest BCUT2D eigenvalue weighted by Crippen LogP contribution is -2.01. The fraction of sp³-hybridized carbons (Fsp3) is 0.538. The maximum Gasteiger partial charge on any atom is 0.0900 e. The Morgan fingerprint density at radius 3 is 2.67 bits per heavy atom. The van der Waals surface area contributed by atoms with Crippen molar-refractivity contribution in [2.45, 2.75) is 40.2 Å². The van der Waals surface area contributed by atoms with Gasteiger partial charge in [0.25, 0.3) is 0 Å². The Balaban J connectivity index is 2.13. The minimum atomic E-state index is 0.429. The second kappa shape index (κ2) is 5.10. The number of aryl methyl sites for hydroxylation is 3. The van der Waals surface area contributed by atoms with E-state index in [4.69, 9.17) is 0 Å². The SMILES string of the molecule is Cc1nc(C)c(CNc2cn(C)nc2C(C)C)s1. The third kappa shape index (κ3) is 2.72. The molecule has 0 spiro atoms. The van der Waals surface area contributed by atoms with E-state index >= 15 is 0 Å². The second-order valence-corrected chi connectivity index (χ2v) is 6.14. The highest BCUT2D eigenvalue weighted by atomic mass is 32.1. The highest BCUT2D eigenvalue weighted by Crippen LogP contribution is 2.24. The molecule has 0 atom stereocenters. The van der Waals surface area contributed by atoms with E-state index in [2.05, 4.69) is 36.2 Å². The molecule has 18 heavy (non-hydrogen) atoms. The summed E-state index contributed by atoms with van der Waals surface area (Å²) in [5.74, 6) is 0.429. The molecule has 1 N–H and O–H groups in total. The van der Waals surface area contributed by atoms with E-state index in [0.717, 1.165) is 28.6 Å². The molecule has 2 aromatic heterocycles. The van der Waals surface area contributed by atoms with E-state index in [1.54, 1.807) is 11.3 Å². The molecule has 0 unspecified atom stereocenters. The van der Waals surface area contributed by atoms with Crippen LogP contribution in [0.25, 0.3) is 0 Å². The van der Waals surface area contributed by atoms with Gasteiger partial charge in [-0.1, -0.05) is 13.8 Å². The van der Waals surface area contributed by atoms with Gasteiger partial charge in [-0.05, 0) is 19.8 Å². The highest BCUT2D eigenvalue weighted by Gasteiger charge is 2.12. The lowest BCUT2D eigenvalue weighted by molar-refractivity contribution is 0.713. The number of hydrogen-bond acceptors (Lipinski definition) is 4. The Bertz CT molecular complexity index is 539. The van der Waals surface area contributed by atoms with Crippen molar-refractivity contribution in [3.8, 4) is 0 Å². The van der Waals surface area contributed by atoms with E-state index in [9.17, 15) is 0 Å². The zero-order chi connectivity index (χ0) is 13.3. The molecule has 0 aliphatic carbocycles. The molecule has 2 rings (SSSR count). The average Bonchev–Trinajstić information content (AvgIpc) is 2.79. The van der Waals surface area contributed by atoms with Crippen LogP contribution in [0.3, 0.4) is 0 Å². The second-order valence-electron chi connectivity index (χ2n) is 4.85. The Labute approximate surface area is 112 Å². The van der Waals surface area contributed by atoms with Crippen LogP contribution in [0.4, 0.5) is 5.69 Å². The zero-order valence-electron chi connectivity index (χ0n) is 11.6. The first-order valence-corrected chi connectivity index (χ1v) is 6.99. The molecule has 0 radical (unpaired) electrons. The van der Waals surface area contributed by atoms with Crippen LogP contribution in [0.15, 0.2) is 6.20 Å². The molecule has 5 heteroatoms. The first-order chi connectivity index (χ1) is 8.47. The molecule has 0 saturated carbocycles. The van der Waals surface area contributed by atoms with Crippen molar-refractivity contribution in [3.63, 3.8) is 0 Å². The van der Waals surface area contributed by atoms with E-state index in [1.807, 2.05) is 24.9 Å². The fourth-order valence-corrected chi connectivity index (χ4v) is 2.86. The summed E-state index contributed by atoms with van der Waals surface area (Å²) in [4.78, 5) is 5.74. The molecule has 4 nitrogen and oxygen atoms in total. The van der Waals surface area contributed by atoms with Gasteiger partial charge in [0, 0.05) is 18.1 Å². The molecule has 2 aromatic rings. The molecule has 0 aromatic carbocycles. The van der Waals surface area contributed by atoms with Crippen LogP contribution in [0, 0.1) is 13.8 Å². The Morgan fingerprint density at radius 1 is 1.39 bits per heavy atom. The summed E-state index contributed by atoms with van der Waals surface area (Å²) in [5, 5.41) is 9.09. The number of anilines is 1. The molecule has 0 amide bonds. The van der Waals surface area contributed by atoms with E-state index in [1.165, 1.54) is 4.88 Å². The van der Waals surface area contributed by atoms with Gasteiger partial charge in [0.1, 0.15) is 0 Å². The van der Waals surface area contributed by atoms with Gasteiger partial charge in [0.15, 0.2) is 0 Å². The molecule has 0 aliphatic rings. The van der Waals surface area contributed by atoms with Crippen molar-refractivity contribution < 1.29 is 0 Å². The molecule has 0 fully saturated rings. The summed E-state index contributed by atoms with van der Waals surface area (Å²) >= 11 is 1.75. The zero-order valence-corrected chi connectivity index (χ0v) is 12.4. The van der Waals surface area contributed by atoms with Gasteiger partial charge in [-0.25, -0.2) is 4.98 Å². The van der Waals surface area contributed by atoms with E-state index < -0.39 is 0 Å². The first kappa shape index (κ1) is 13.1. The van der Waals surface area contributed by atoms with Crippen molar-refractivity contribution in [1.29, 1.82) is 0 Å². The largest absolute Gasteiger partial charge is 0.377 e. The van der Waals surface area contributed by atoms with Gasteiger partial charge in [0.05, 0.1) is 28.6 Å². The normalized spacial score (nSPS) is 11.2. The van der Waals surface area contributed by atoms with Crippen LogP contribution < -0.4 is 5.32 Å². The topological polar surface area (TPSA) is 42.7 Å². The lowest BCUT2D eigenvalue weighted by Gasteiger charge is -2.07. The van der Waals surface area contributed by atoms with Crippen LogP contribution in [0.2, 0.25) is 0 Å². The number of hydrogen-bond donors (Lipinski definition) is 1. The molecule has 2 heterocycles. The van der Waals surface area contributed by atoms with Crippen molar-refractivity contribution in [2.75, 3.05) is 5.32 Å². The fourth-order valence-electron chi connectivity index (χ4n) is 1.98. The van der Waals surface area contributed by atoms with Crippen molar-refractivity contribution >= 4 is 17.0 Å². The van der Waals surface area contributed by atoms with Crippen LogP contribution in [0.1, 0.15) is 41.0 Å². The van der Waals surface area contributed by atoms with Crippen LogP contribution in [-0.4, -0.2) is 14.8 Å². The number of nitrogens with one attached hydrogen (secondary N) is 1. The molecule has 98 valence electrons. The van der Waals surface area contributed by atoms with Gasteiger partial charge in [0.2, 0.25) is 0 Å². The van der Waals surface area contributed by atoms with Crippen molar-refractivity contribution in [3.05, 3.63) is 27.5 Å². The first-order valence-electron chi connectivity index (χ1n) is 6.17. The van der Waals surface area contributed by atoms with Gasteiger partial charge in [-0.3, -0.25) is 4.68 Å². The number of rotatable bonds is 4. The smallest absolute Gasteiger partial charge is 0.0900 e. The summed E-state index contributed by atoms with van der Waals surface area (Å²) in [7, 11) is 1.96. The van der Waals surface area contributed by atoms with E-state index in [-0.39, 0.29) is 0 Å².